The molecule has 0 saturated carbocycles. The number of rotatable bonds is 1. The maximum absolute atomic E-state index is 12.6. The third kappa shape index (κ3) is 2.42. The molecule has 19 heavy (non-hydrogen) atoms. The average Bonchev–Trinajstić information content (AvgIpc) is 2.84. The van der Waals surface area contributed by atoms with Gasteiger partial charge in [0.25, 0.3) is 5.91 Å². The van der Waals surface area contributed by atoms with Crippen molar-refractivity contribution in [3.05, 3.63) is 63.6 Å². The molecule has 96 valence electrons. The summed E-state index contributed by atoms with van der Waals surface area (Å²) in [5.41, 5.74) is 3.13. The number of fused-ring (bicyclic) bond motifs is 1. The van der Waals surface area contributed by atoms with Crippen LogP contribution in [0.4, 0.5) is 0 Å². The predicted octanol–water partition coefficient (Wildman–Crippen LogP) is 3.89. The number of hydrogen-bond acceptors (Lipinski definition) is 2. The normalized spacial score (nSPS) is 13.5. The zero-order chi connectivity index (χ0) is 13.4. The van der Waals surface area contributed by atoms with Crippen LogP contribution in [0.1, 0.15) is 21.5 Å². The first-order valence-electron chi connectivity index (χ1n) is 6.00. The van der Waals surface area contributed by atoms with E-state index in [4.69, 9.17) is 0 Å². The summed E-state index contributed by atoms with van der Waals surface area (Å²) in [7, 11) is 0. The van der Waals surface area contributed by atoms with Crippen LogP contribution in [0.25, 0.3) is 0 Å². The summed E-state index contributed by atoms with van der Waals surface area (Å²) >= 11 is 7.73. The summed E-state index contributed by atoms with van der Waals surface area (Å²) in [6.45, 7) is 1.36. The smallest absolute Gasteiger partial charge is 0.255 e. The Morgan fingerprint density at radius 1 is 1.11 bits per heavy atom. The third-order valence-corrected chi connectivity index (χ3v) is 4.28. The molecule has 0 aliphatic carbocycles. The number of carbonyl (C=O) groups excluding carboxylic acids is 1. The second-order valence-electron chi connectivity index (χ2n) is 4.59. The molecule has 0 bridgehead atoms. The molecular formula is C15H12BrNOS. The zero-order valence-electron chi connectivity index (χ0n) is 10.1. The molecule has 0 aromatic heterocycles. The van der Waals surface area contributed by atoms with Gasteiger partial charge in [0.1, 0.15) is 0 Å². The zero-order valence-corrected chi connectivity index (χ0v) is 12.6. The van der Waals surface area contributed by atoms with Crippen molar-refractivity contribution in [2.24, 2.45) is 0 Å². The fourth-order valence-corrected chi connectivity index (χ4v) is 2.94. The van der Waals surface area contributed by atoms with Gasteiger partial charge in [0.15, 0.2) is 0 Å². The van der Waals surface area contributed by atoms with Gasteiger partial charge in [0, 0.05) is 22.5 Å². The van der Waals surface area contributed by atoms with Crippen LogP contribution in [0, 0.1) is 0 Å². The van der Waals surface area contributed by atoms with Crippen molar-refractivity contribution in [2.45, 2.75) is 18.0 Å². The SMILES string of the molecule is O=C(c1cc(S)ccc1Br)N1Cc2ccccc2C1. The molecule has 0 fully saturated rings. The van der Waals surface area contributed by atoms with Gasteiger partial charge < -0.3 is 4.90 Å². The van der Waals surface area contributed by atoms with Gasteiger partial charge in [-0.15, -0.1) is 12.6 Å². The summed E-state index contributed by atoms with van der Waals surface area (Å²) in [4.78, 5) is 15.2. The summed E-state index contributed by atoms with van der Waals surface area (Å²) in [5.74, 6) is 0.0407. The van der Waals surface area contributed by atoms with E-state index in [0.29, 0.717) is 18.7 Å². The molecule has 0 radical (unpaired) electrons. The lowest BCUT2D eigenvalue weighted by Crippen LogP contribution is -2.25. The van der Waals surface area contributed by atoms with Crippen molar-refractivity contribution in [3.63, 3.8) is 0 Å². The molecule has 0 spiro atoms. The van der Waals surface area contributed by atoms with E-state index >= 15 is 0 Å². The third-order valence-electron chi connectivity index (χ3n) is 3.31. The Morgan fingerprint density at radius 2 is 1.74 bits per heavy atom. The minimum atomic E-state index is 0.0407. The molecule has 0 N–H and O–H groups in total. The Morgan fingerprint density at radius 3 is 2.37 bits per heavy atom. The van der Waals surface area contributed by atoms with Crippen molar-refractivity contribution in [2.75, 3.05) is 0 Å². The molecule has 1 aliphatic rings. The lowest BCUT2D eigenvalue weighted by atomic mass is 10.1. The fraction of sp³-hybridized carbons (Fsp3) is 0.133. The van der Waals surface area contributed by atoms with E-state index in [-0.39, 0.29) is 5.91 Å². The van der Waals surface area contributed by atoms with Crippen LogP contribution in [0.5, 0.6) is 0 Å². The van der Waals surface area contributed by atoms with Crippen molar-refractivity contribution < 1.29 is 4.79 Å². The van der Waals surface area contributed by atoms with Gasteiger partial charge >= 0.3 is 0 Å². The van der Waals surface area contributed by atoms with Crippen LogP contribution in [0.15, 0.2) is 51.8 Å². The second-order valence-corrected chi connectivity index (χ2v) is 5.96. The number of halogens is 1. The van der Waals surface area contributed by atoms with Gasteiger partial charge in [0.05, 0.1) is 5.56 Å². The van der Waals surface area contributed by atoms with Gasteiger partial charge in [-0.05, 0) is 45.3 Å². The van der Waals surface area contributed by atoms with E-state index in [2.05, 4.69) is 40.7 Å². The fourth-order valence-electron chi connectivity index (χ4n) is 2.32. The van der Waals surface area contributed by atoms with Crippen LogP contribution in [0.2, 0.25) is 0 Å². The first kappa shape index (κ1) is 12.8. The van der Waals surface area contributed by atoms with E-state index in [1.165, 1.54) is 11.1 Å². The maximum atomic E-state index is 12.6. The summed E-state index contributed by atoms with van der Waals surface area (Å²) in [5, 5.41) is 0. The molecular weight excluding hydrogens is 322 g/mol. The van der Waals surface area contributed by atoms with E-state index in [9.17, 15) is 4.79 Å². The van der Waals surface area contributed by atoms with Gasteiger partial charge in [0.2, 0.25) is 0 Å². The molecule has 0 atom stereocenters. The Kier molecular flexibility index (Phi) is 3.37. The van der Waals surface area contributed by atoms with Crippen LogP contribution in [-0.4, -0.2) is 10.8 Å². The maximum Gasteiger partial charge on any atom is 0.255 e. The average molecular weight is 334 g/mol. The van der Waals surface area contributed by atoms with Crippen molar-refractivity contribution in [3.8, 4) is 0 Å². The molecule has 1 heterocycles. The molecule has 2 aromatic rings. The first-order chi connectivity index (χ1) is 9.15. The molecule has 3 rings (SSSR count). The molecule has 1 aliphatic heterocycles. The molecule has 1 amide bonds. The molecule has 2 nitrogen and oxygen atoms in total. The Balaban J connectivity index is 1.89. The first-order valence-corrected chi connectivity index (χ1v) is 7.24. The van der Waals surface area contributed by atoms with Gasteiger partial charge in [-0.1, -0.05) is 24.3 Å². The molecule has 0 unspecified atom stereocenters. The largest absolute Gasteiger partial charge is 0.330 e. The van der Waals surface area contributed by atoms with E-state index in [0.717, 1.165) is 9.37 Å². The van der Waals surface area contributed by atoms with E-state index < -0.39 is 0 Å². The monoisotopic (exact) mass is 333 g/mol. The topological polar surface area (TPSA) is 20.3 Å². The standard InChI is InChI=1S/C15H12BrNOS/c16-14-6-5-12(19)7-13(14)15(18)17-8-10-3-1-2-4-11(10)9-17/h1-7,19H,8-9H2. The van der Waals surface area contributed by atoms with Crippen LogP contribution >= 0.6 is 28.6 Å². The van der Waals surface area contributed by atoms with Crippen molar-refractivity contribution in [1.29, 1.82) is 0 Å². The minimum Gasteiger partial charge on any atom is -0.330 e. The summed E-state index contributed by atoms with van der Waals surface area (Å²) < 4.78 is 0.811. The van der Waals surface area contributed by atoms with Crippen LogP contribution < -0.4 is 0 Å². The number of hydrogen-bond donors (Lipinski definition) is 1. The van der Waals surface area contributed by atoms with Crippen LogP contribution in [0.3, 0.4) is 0 Å². The second kappa shape index (κ2) is 5.02. The van der Waals surface area contributed by atoms with Crippen LogP contribution in [-0.2, 0) is 13.1 Å². The Bertz CT molecular complexity index is 631. The highest BCUT2D eigenvalue weighted by Crippen LogP contribution is 2.27. The highest BCUT2D eigenvalue weighted by molar-refractivity contribution is 9.10. The quantitative estimate of drug-likeness (QED) is 0.785. The summed E-state index contributed by atoms with van der Waals surface area (Å²) in [6, 6.07) is 13.7. The number of amides is 1. The van der Waals surface area contributed by atoms with E-state index in [1.807, 2.05) is 29.2 Å². The molecule has 0 saturated heterocycles. The lowest BCUT2D eigenvalue weighted by molar-refractivity contribution is 0.0750. The van der Waals surface area contributed by atoms with Crippen molar-refractivity contribution >= 4 is 34.5 Å². The summed E-state index contributed by atoms with van der Waals surface area (Å²) in [6.07, 6.45) is 0. The van der Waals surface area contributed by atoms with Crippen molar-refractivity contribution in [1.82, 2.24) is 4.90 Å². The highest BCUT2D eigenvalue weighted by atomic mass is 79.9. The minimum absolute atomic E-state index is 0.0407. The highest BCUT2D eigenvalue weighted by Gasteiger charge is 2.25. The van der Waals surface area contributed by atoms with E-state index in [1.54, 1.807) is 6.07 Å². The Labute approximate surface area is 126 Å². The van der Waals surface area contributed by atoms with Gasteiger partial charge in [-0.3, -0.25) is 4.79 Å². The van der Waals surface area contributed by atoms with Gasteiger partial charge in [-0.25, -0.2) is 0 Å². The number of thiol groups is 1. The molecule has 2 aromatic carbocycles. The van der Waals surface area contributed by atoms with Gasteiger partial charge in [-0.2, -0.15) is 0 Å². The Hall–Kier alpha value is -1.26. The number of nitrogens with zero attached hydrogens (tertiary/aromatic N) is 1. The predicted molar refractivity (Wildman–Crippen MR) is 81.4 cm³/mol. The number of carbonyl (C=O) groups is 1. The number of benzene rings is 2. The molecule has 4 heteroatoms. The lowest BCUT2D eigenvalue weighted by Gasteiger charge is -2.16.